The van der Waals surface area contributed by atoms with Crippen LogP contribution in [0.3, 0.4) is 0 Å². The predicted octanol–water partition coefficient (Wildman–Crippen LogP) is 2.73. The van der Waals surface area contributed by atoms with E-state index in [-0.39, 0.29) is 0 Å². The minimum absolute atomic E-state index is 0.317. The highest BCUT2D eigenvalue weighted by Crippen LogP contribution is 2.32. The molecule has 0 atom stereocenters. The van der Waals surface area contributed by atoms with Gasteiger partial charge in [0.05, 0.1) is 12.8 Å². The van der Waals surface area contributed by atoms with Gasteiger partial charge >= 0.3 is 0 Å². The second kappa shape index (κ2) is 7.24. The molecule has 23 heavy (non-hydrogen) atoms. The molecule has 0 fully saturated rings. The van der Waals surface area contributed by atoms with Crippen molar-refractivity contribution < 1.29 is 14.2 Å². The summed E-state index contributed by atoms with van der Waals surface area (Å²) in [6.07, 6.45) is 2.04. The first-order valence-electron chi connectivity index (χ1n) is 7.78. The lowest BCUT2D eigenvalue weighted by molar-refractivity contribution is 0.174. The largest absolute Gasteiger partial charge is 0.495 e. The van der Waals surface area contributed by atoms with Gasteiger partial charge in [-0.2, -0.15) is 0 Å². The molecule has 0 bridgehead atoms. The predicted molar refractivity (Wildman–Crippen MR) is 90.0 cm³/mol. The normalized spacial score (nSPS) is 12.4. The van der Waals surface area contributed by atoms with Gasteiger partial charge in [0.2, 0.25) is 6.79 Å². The van der Waals surface area contributed by atoms with Crippen LogP contribution in [0.1, 0.15) is 17.5 Å². The molecule has 3 N–H and O–H groups in total. The SMILES string of the molecule is COc1ccc(CCCNCc2ccc3c(c2)OCO3)cc1N. The molecule has 0 aliphatic carbocycles. The van der Waals surface area contributed by atoms with Crippen molar-refractivity contribution >= 4 is 5.69 Å². The quantitative estimate of drug-likeness (QED) is 0.607. The van der Waals surface area contributed by atoms with Crippen LogP contribution in [0.4, 0.5) is 5.69 Å². The summed E-state index contributed by atoms with van der Waals surface area (Å²) in [4.78, 5) is 0. The molecule has 0 saturated heterocycles. The van der Waals surface area contributed by atoms with Crippen LogP contribution in [0.5, 0.6) is 17.2 Å². The third kappa shape index (κ3) is 3.87. The molecule has 3 rings (SSSR count). The topological polar surface area (TPSA) is 65.7 Å². The number of nitrogens with two attached hydrogens (primary N) is 1. The standard InChI is InChI=1S/C18H22N2O3/c1-21-16-6-4-13(9-15(16)19)3-2-8-20-11-14-5-7-17-18(10-14)23-12-22-17/h4-7,9-10,20H,2-3,8,11-12,19H2,1H3. The van der Waals surface area contributed by atoms with E-state index in [1.807, 2.05) is 24.3 Å². The minimum Gasteiger partial charge on any atom is -0.495 e. The first-order chi connectivity index (χ1) is 11.3. The van der Waals surface area contributed by atoms with E-state index in [4.69, 9.17) is 19.9 Å². The first-order valence-corrected chi connectivity index (χ1v) is 7.78. The van der Waals surface area contributed by atoms with Gasteiger partial charge in [0.15, 0.2) is 11.5 Å². The Morgan fingerprint density at radius 2 is 1.91 bits per heavy atom. The number of methoxy groups -OCH3 is 1. The van der Waals surface area contributed by atoms with Crippen molar-refractivity contribution in [3.63, 3.8) is 0 Å². The smallest absolute Gasteiger partial charge is 0.231 e. The number of ether oxygens (including phenoxy) is 3. The molecule has 0 aromatic heterocycles. The monoisotopic (exact) mass is 314 g/mol. The van der Waals surface area contributed by atoms with Crippen LogP contribution >= 0.6 is 0 Å². The number of aryl methyl sites for hydroxylation is 1. The van der Waals surface area contributed by atoms with E-state index < -0.39 is 0 Å². The second-order valence-corrected chi connectivity index (χ2v) is 5.54. The van der Waals surface area contributed by atoms with Crippen molar-refractivity contribution in [2.75, 3.05) is 26.2 Å². The number of hydrogen-bond acceptors (Lipinski definition) is 5. The Morgan fingerprint density at radius 3 is 2.74 bits per heavy atom. The summed E-state index contributed by atoms with van der Waals surface area (Å²) in [6.45, 7) is 2.08. The van der Waals surface area contributed by atoms with Gasteiger partial charge in [-0.3, -0.25) is 0 Å². The summed E-state index contributed by atoms with van der Waals surface area (Å²) in [5.41, 5.74) is 9.04. The number of nitrogens with one attached hydrogen (secondary N) is 1. The minimum atomic E-state index is 0.317. The maximum absolute atomic E-state index is 5.92. The molecule has 2 aromatic carbocycles. The van der Waals surface area contributed by atoms with Crippen molar-refractivity contribution in [2.45, 2.75) is 19.4 Å². The van der Waals surface area contributed by atoms with Gasteiger partial charge in [-0.05, 0) is 54.8 Å². The molecule has 5 nitrogen and oxygen atoms in total. The van der Waals surface area contributed by atoms with Crippen molar-refractivity contribution in [1.29, 1.82) is 0 Å². The molecule has 1 aliphatic rings. The summed E-state index contributed by atoms with van der Waals surface area (Å²) in [5, 5.41) is 3.45. The van der Waals surface area contributed by atoms with Gasteiger partial charge in [0, 0.05) is 6.54 Å². The average molecular weight is 314 g/mol. The van der Waals surface area contributed by atoms with Crippen LogP contribution in [-0.4, -0.2) is 20.4 Å². The van der Waals surface area contributed by atoms with E-state index >= 15 is 0 Å². The summed E-state index contributed by atoms with van der Waals surface area (Å²) in [6, 6.07) is 12.0. The number of hydrogen-bond donors (Lipinski definition) is 2. The average Bonchev–Trinajstić information content (AvgIpc) is 3.02. The van der Waals surface area contributed by atoms with Crippen molar-refractivity contribution in [3.8, 4) is 17.2 Å². The van der Waals surface area contributed by atoms with Crippen molar-refractivity contribution in [2.24, 2.45) is 0 Å². The zero-order valence-corrected chi connectivity index (χ0v) is 13.3. The van der Waals surface area contributed by atoms with Crippen LogP contribution in [0.25, 0.3) is 0 Å². The highest BCUT2D eigenvalue weighted by Gasteiger charge is 2.12. The molecule has 1 aliphatic heterocycles. The maximum Gasteiger partial charge on any atom is 0.231 e. The Labute approximate surface area is 136 Å². The molecule has 2 aromatic rings. The van der Waals surface area contributed by atoms with Crippen LogP contribution in [0.15, 0.2) is 36.4 Å². The summed E-state index contributed by atoms with van der Waals surface area (Å²) >= 11 is 0. The maximum atomic E-state index is 5.92. The first kappa shape index (κ1) is 15.5. The van der Waals surface area contributed by atoms with Gasteiger partial charge in [0.25, 0.3) is 0 Å². The zero-order valence-electron chi connectivity index (χ0n) is 13.3. The van der Waals surface area contributed by atoms with E-state index in [2.05, 4.69) is 17.4 Å². The van der Waals surface area contributed by atoms with Crippen LogP contribution in [0.2, 0.25) is 0 Å². The van der Waals surface area contributed by atoms with Crippen molar-refractivity contribution in [1.82, 2.24) is 5.32 Å². The number of rotatable bonds is 7. The molecule has 5 heteroatoms. The Morgan fingerprint density at radius 1 is 1.09 bits per heavy atom. The lowest BCUT2D eigenvalue weighted by Gasteiger charge is -2.08. The Hall–Kier alpha value is -2.40. The molecule has 0 radical (unpaired) electrons. The fraction of sp³-hybridized carbons (Fsp3) is 0.333. The van der Waals surface area contributed by atoms with E-state index in [9.17, 15) is 0 Å². The number of nitrogen functional groups attached to an aromatic ring is 1. The third-order valence-corrected chi connectivity index (χ3v) is 3.88. The fourth-order valence-electron chi connectivity index (χ4n) is 2.64. The number of anilines is 1. The molecule has 0 saturated carbocycles. The molecule has 0 amide bonds. The van der Waals surface area contributed by atoms with Crippen molar-refractivity contribution in [3.05, 3.63) is 47.5 Å². The van der Waals surface area contributed by atoms with E-state index in [0.29, 0.717) is 12.5 Å². The molecule has 0 unspecified atom stereocenters. The number of fused-ring (bicyclic) bond motifs is 1. The zero-order chi connectivity index (χ0) is 16.1. The van der Waals surface area contributed by atoms with E-state index in [1.165, 1.54) is 11.1 Å². The Kier molecular flexibility index (Phi) is 4.88. The van der Waals surface area contributed by atoms with Gasteiger partial charge < -0.3 is 25.3 Å². The van der Waals surface area contributed by atoms with Gasteiger partial charge in [0.1, 0.15) is 5.75 Å². The highest BCUT2D eigenvalue weighted by molar-refractivity contribution is 5.54. The summed E-state index contributed by atoms with van der Waals surface area (Å²) in [7, 11) is 1.63. The summed E-state index contributed by atoms with van der Waals surface area (Å²) in [5.74, 6) is 2.39. The Balaban J connectivity index is 1.41. The lowest BCUT2D eigenvalue weighted by atomic mass is 10.1. The molecular weight excluding hydrogens is 292 g/mol. The third-order valence-electron chi connectivity index (χ3n) is 3.88. The second-order valence-electron chi connectivity index (χ2n) is 5.54. The van der Waals surface area contributed by atoms with E-state index in [0.717, 1.165) is 43.2 Å². The van der Waals surface area contributed by atoms with E-state index in [1.54, 1.807) is 7.11 Å². The molecule has 1 heterocycles. The molecule has 122 valence electrons. The Bertz CT molecular complexity index is 673. The van der Waals surface area contributed by atoms with Gasteiger partial charge in [-0.1, -0.05) is 12.1 Å². The number of benzene rings is 2. The van der Waals surface area contributed by atoms with Gasteiger partial charge in [-0.15, -0.1) is 0 Å². The van der Waals surface area contributed by atoms with Crippen LogP contribution < -0.4 is 25.3 Å². The van der Waals surface area contributed by atoms with Gasteiger partial charge in [-0.25, -0.2) is 0 Å². The summed E-state index contributed by atoms with van der Waals surface area (Å²) < 4.78 is 15.9. The molecular formula is C18H22N2O3. The highest BCUT2D eigenvalue weighted by atomic mass is 16.7. The van der Waals surface area contributed by atoms with Crippen LogP contribution in [-0.2, 0) is 13.0 Å². The van der Waals surface area contributed by atoms with Crippen LogP contribution in [0, 0.1) is 0 Å². The fourth-order valence-corrected chi connectivity index (χ4v) is 2.64. The molecule has 0 spiro atoms. The lowest BCUT2D eigenvalue weighted by Crippen LogP contribution is -2.15.